The van der Waals surface area contributed by atoms with Crippen molar-refractivity contribution >= 4 is 11.6 Å². The molecule has 0 amide bonds. The summed E-state index contributed by atoms with van der Waals surface area (Å²) in [6.07, 6.45) is 1.47. The Labute approximate surface area is 80.0 Å². The number of carbonyl (C=O) groups is 1. The van der Waals surface area contributed by atoms with Crippen molar-refractivity contribution in [3.63, 3.8) is 0 Å². The summed E-state index contributed by atoms with van der Waals surface area (Å²) in [5.74, 6) is -1.05. The largest absolute Gasteiger partial charge is 0.476 e. The zero-order chi connectivity index (χ0) is 10.3. The highest BCUT2D eigenvalue weighted by Gasteiger charge is 2.13. The molecule has 0 unspecified atom stereocenters. The molecule has 2 rings (SSSR count). The number of nitrogens with zero attached hydrogens (tertiary/aromatic N) is 3. The van der Waals surface area contributed by atoms with Crippen LogP contribution < -0.4 is 0 Å². The molecule has 0 aliphatic rings. The third kappa shape index (κ3) is 1.14. The normalized spacial score (nSPS) is 10.7. The van der Waals surface area contributed by atoms with Gasteiger partial charge in [0.2, 0.25) is 0 Å². The average molecular weight is 191 g/mol. The molecule has 0 atom stereocenters. The lowest BCUT2D eigenvalue weighted by Gasteiger charge is -2.00. The molecule has 2 aromatic rings. The topological polar surface area (TPSA) is 67.5 Å². The van der Waals surface area contributed by atoms with E-state index >= 15 is 0 Å². The van der Waals surface area contributed by atoms with Crippen LogP contribution in [-0.2, 0) is 0 Å². The van der Waals surface area contributed by atoms with E-state index in [-0.39, 0.29) is 5.69 Å². The van der Waals surface area contributed by atoms with E-state index in [1.54, 1.807) is 4.40 Å². The van der Waals surface area contributed by atoms with Gasteiger partial charge in [0.25, 0.3) is 0 Å². The fourth-order valence-corrected chi connectivity index (χ4v) is 1.43. The second-order valence-electron chi connectivity index (χ2n) is 3.13. The van der Waals surface area contributed by atoms with Gasteiger partial charge in [-0.05, 0) is 19.9 Å². The van der Waals surface area contributed by atoms with Gasteiger partial charge in [0, 0.05) is 11.4 Å². The van der Waals surface area contributed by atoms with Gasteiger partial charge in [-0.25, -0.2) is 14.8 Å². The van der Waals surface area contributed by atoms with Gasteiger partial charge in [-0.1, -0.05) is 0 Å². The highest BCUT2D eigenvalue weighted by Crippen LogP contribution is 2.10. The van der Waals surface area contributed by atoms with Gasteiger partial charge >= 0.3 is 5.97 Å². The van der Waals surface area contributed by atoms with Crippen molar-refractivity contribution in [3.05, 3.63) is 29.5 Å². The summed E-state index contributed by atoms with van der Waals surface area (Å²) in [7, 11) is 0. The van der Waals surface area contributed by atoms with Gasteiger partial charge in [0.1, 0.15) is 6.33 Å². The van der Waals surface area contributed by atoms with Crippen LogP contribution in [0.4, 0.5) is 0 Å². The lowest BCUT2D eigenvalue weighted by molar-refractivity contribution is 0.0693. The van der Waals surface area contributed by atoms with Crippen molar-refractivity contribution in [3.8, 4) is 0 Å². The zero-order valence-electron chi connectivity index (χ0n) is 7.85. The van der Waals surface area contributed by atoms with Crippen LogP contribution in [0.1, 0.15) is 21.9 Å². The van der Waals surface area contributed by atoms with Crippen molar-refractivity contribution in [1.29, 1.82) is 0 Å². The van der Waals surface area contributed by atoms with Crippen molar-refractivity contribution in [2.24, 2.45) is 0 Å². The van der Waals surface area contributed by atoms with Crippen molar-refractivity contribution in [2.45, 2.75) is 13.8 Å². The Morgan fingerprint density at radius 2 is 2.21 bits per heavy atom. The monoisotopic (exact) mass is 191 g/mol. The second-order valence-corrected chi connectivity index (χ2v) is 3.13. The van der Waals surface area contributed by atoms with Crippen LogP contribution in [0, 0.1) is 13.8 Å². The fraction of sp³-hybridized carbons (Fsp3) is 0.222. The van der Waals surface area contributed by atoms with E-state index in [1.807, 2.05) is 19.9 Å². The summed E-state index contributed by atoms with van der Waals surface area (Å²) in [6.45, 7) is 3.71. The number of aryl methyl sites for hydroxylation is 2. The van der Waals surface area contributed by atoms with E-state index in [9.17, 15) is 4.79 Å². The fourth-order valence-electron chi connectivity index (χ4n) is 1.43. The average Bonchev–Trinajstić information content (AvgIpc) is 2.47. The van der Waals surface area contributed by atoms with Crippen LogP contribution in [0.3, 0.4) is 0 Å². The molecule has 5 heteroatoms. The SMILES string of the molecule is Cc1cc(C)n2cnc(C(=O)O)c2n1. The highest BCUT2D eigenvalue weighted by molar-refractivity contribution is 5.92. The molecule has 0 fully saturated rings. The zero-order valence-corrected chi connectivity index (χ0v) is 7.85. The Kier molecular flexibility index (Phi) is 1.73. The minimum absolute atomic E-state index is 0.00296. The molecular formula is C9H9N3O2. The van der Waals surface area contributed by atoms with Crippen LogP contribution in [0.2, 0.25) is 0 Å². The summed E-state index contributed by atoms with van der Waals surface area (Å²) >= 11 is 0. The Hall–Kier alpha value is -1.91. The van der Waals surface area contributed by atoms with Crippen LogP contribution in [0.25, 0.3) is 5.65 Å². The number of aromatic carboxylic acids is 1. The van der Waals surface area contributed by atoms with E-state index < -0.39 is 5.97 Å². The van der Waals surface area contributed by atoms with Gasteiger partial charge in [0.05, 0.1) is 0 Å². The summed E-state index contributed by atoms with van der Waals surface area (Å²) in [5.41, 5.74) is 2.11. The summed E-state index contributed by atoms with van der Waals surface area (Å²) in [5, 5.41) is 8.84. The van der Waals surface area contributed by atoms with Crippen molar-refractivity contribution in [1.82, 2.24) is 14.4 Å². The molecule has 0 aliphatic heterocycles. The quantitative estimate of drug-likeness (QED) is 0.731. The molecule has 5 nitrogen and oxygen atoms in total. The molecular weight excluding hydrogens is 182 g/mol. The highest BCUT2D eigenvalue weighted by atomic mass is 16.4. The first-order valence-electron chi connectivity index (χ1n) is 4.14. The lowest BCUT2D eigenvalue weighted by Crippen LogP contribution is -2.01. The standard InChI is InChI=1S/C9H9N3O2/c1-5-3-6(2)12-4-10-7(9(13)14)8(12)11-5/h3-4H,1-2H3,(H,13,14). The molecule has 2 heterocycles. The molecule has 14 heavy (non-hydrogen) atoms. The predicted octanol–water partition coefficient (Wildman–Crippen LogP) is 1.04. The van der Waals surface area contributed by atoms with Crippen molar-refractivity contribution < 1.29 is 9.90 Å². The van der Waals surface area contributed by atoms with E-state index in [4.69, 9.17) is 5.11 Å². The van der Waals surface area contributed by atoms with Gasteiger partial charge < -0.3 is 5.11 Å². The Morgan fingerprint density at radius 3 is 2.86 bits per heavy atom. The Morgan fingerprint density at radius 1 is 1.50 bits per heavy atom. The number of aromatic nitrogens is 3. The number of fused-ring (bicyclic) bond motifs is 1. The molecule has 0 aliphatic carbocycles. The third-order valence-electron chi connectivity index (χ3n) is 2.02. The second kappa shape index (κ2) is 2.80. The molecule has 0 bridgehead atoms. The van der Waals surface area contributed by atoms with E-state index in [0.717, 1.165) is 11.4 Å². The molecule has 0 radical (unpaired) electrons. The van der Waals surface area contributed by atoms with Gasteiger partial charge in [-0.2, -0.15) is 0 Å². The van der Waals surface area contributed by atoms with Crippen LogP contribution in [0.5, 0.6) is 0 Å². The first kappa shape index (κ1) is 8.68. The number of rotatable bonds is 1. The first-order chi connectivity index (χ1) is 6.59. The maximum Gasteiger partial charge on any atom is 0.358 e. The summed E-state index contributed by atoms with van der Waals surface area (Å²) < 4.78 is 1.66. The number of carboxylic acid groups (broad SMARTS) is 1. The molecule has 0 spiro atoms. The number of hydrogen-bond donors (Lipinski definition) is 1. The molecule has 1 N–H and O–H groups in total. The molecule has 0 saturated heterocycles. The van der Waals surface area contributed by atoms with Gasteiger partial charge in [-0.15, -0.1) is 0 Å². The Bertz CT molecular complexity index is 516. The molecule has 2 aromatic heterocycles. The maximum atomic E-state index is 10.8. The molecule has 0 saturated carbocycles. The van der Waals surface area contributed by atoms with Crippen LogP contribution in [-0.4, -0.2) is 25.4 Å². The molecule has 0 aromatic carbocycles. The number of hydrogen-bond acceptors (Lipinski definition) is 3. The van der Waals surface area contributed by atoms with Crippen LogP contribution >= 0.6 is 0 Å². The van der Waals surface area contributed by atoms with E-state index in [2.05, 4.69) is 9.97 Å². The van der Waals surface area contributed by atoms with Crippen LogP contribution in [0.15, 0.2) is 12.4 Å². The lowest BCUT2D eigenvalue weighted by atomic mass is 10.3. The minimum atomic E-state index is -1.05. The maximum absolute atomic E-state index is 10.8. The van der Waals surface area contributed by atoms with Gasteiger partial charge in [0.15, 0.2) is 11.3 Å². The van der Waals surface area contributed by atoms with Crippen molar-refractivity contribution in [2.75, 3.05) is 0 Å². The van der Waals surface area contributed by atoms with E-state index in [0.29, 0.717) is 5.65 Å². The van der Waals surface area contributed by atoms with E-state index in [1.165, 1.54) is 6.33 Å². The Balaban J connectivity index is 2.85. The minimum Gasteiger partial charge on any atom is -0.476 e. The number of carboxylic acids is 1. The third-order valence-corrected chi connectivity index (χ3v) is 2.02. The molecule has 72 valence electrons. The summed E-state index contributed by atoms with van der Waals surface area (Å²) in [6, 6.07) is 1.88. The number of imidazole rings is 1. The predicted molar refractivity (Wildman–Crippen MR) is 49.4 cm³/mol. The smallest absolute Gasteiger partial charge is 0.358 e. The van der Waals surface area contributed by atoms with Gasteiger partial charge in [-0.3, -0.25) is 4.40 Å². The first-order valence-corrected chi connectivity index (χ1v) is 4.14. The summed E-state index contributed by atoms with van der Waals surface area (Å²) in [4.78, 5) is 18.7.